The van der Waals surface area contributed by atoms with Gasteiger partial charge < -0.3 is 10.1 Å². The topological polar surface area (TPSA) is 21.3 Å². The van der Waals surface area contributed by atoms with Crippen molar-refractivity contribution in [3.63, 3.8) is 0 Å². The van der Waals surface area contributed by atoms with Gasteiger partial charge in [-0.3, -0.25) is 0 Å². The Morgan fingerprint density at radius 2 is 1.94 bits per heavy atom. The minimum Gasteiger partial charge on any atom is -0.378 e. The van der Waals surface area contributed by atoms with Crippen molar-refractivity contribution in [2.75, 3.05) is 18.5 Å². The molecule has 6 heteroatoms. The monoisotopic (exact) mass is 251 g/mol. The maximum Gasteiger partial charge on any atom is 0.416 e. The van der Waals surface area contributed by atoms with Gasteiger partial charge in [0.05, 0.1) is 24.8 Å². The standard InChI is InChI=1S/C10H9ClF3NO/c11-7-1-6(10(12,13)14)2-8(3-7)15-9-4-16-5-9/h1-3,9,15H,4-5H2. The van der Waals surface area contributed by atoms with Crippen LogP contribution in [0.25, 0.3) is 0 Å². The second-order valence-electron chi connectivity index (χ2n) is 3.61. The van der Waals surface area contributed by atoms with Gasteiger partial charge in [-0.1, -0.05) is 11.6 Å². The van der Waals surface area contributed by atoms with Gasteiger partial charge in [-0.05, 0) is 18.2 Å². The first-order valence-corrected chi connectivity index (χ1v) is 5.05. The molecule has 1 aliphatic heterocycles. The molecule has 1 aromatic rings. The Morgan fingerprint density at radius 1 is 1.25 bits per heavy atom. The van der Waals surface area contributed by atoms with Crippen LogP contribution in [-0.2, 0) is 10.9 Å². The van der Waals surface area contributed by atoms with Crippen molar-refractivity contribution in [1.82, 2.24) is 0 Å². The Morgan fingerprint density at radius 3 is 2.44 bits per heavy atom. The number of hydrogen-bond donors (Lipinski definition) is 1. The summed E-state index contributed by atoms with van der Waals surface area (Å²) in [5.74, 6) is 0. The van der Waals surface area contributed by atoms with Crippen LogP contribution in [0.3, 0.4) is 0 Å². The molecule has 0 radical (unpaired) electrons. The highest BCUT2D eigenvalue weighted by Gasteiger charge is 2.31. The van der Waals surface area contributed by atoms with Crippen LogP contribution in [0.2, 0.25) is 5.02 Å². The van der Waals surface area contributed by atoms with Crippen LogP contribution in [0.15, 0.2) is 18.2 Å². The molecule has 2 rings (SSSR count). The molecule has 1 heterocycles. The fraction of sp³-hybridized carbons (Fsp3) is 0.400. The van der Waals surface area contributed by atoms with E-state index in [4.69, 9.17) is 16.3 Å². The minimum atomic E-state index is -4.38. The predicted molar refractivity (Wildman–Crippen MR) is 54.7 cm³/mol. The second kappa shape index (κ2) is 4.14. The molecule has 1 aliphatic rings. The predicted octanol–water partition coefficient (Wildman–Crippen LogP) is 3.17. The first kappa shape index (κ1) is 11.5. The maximum atomic E-state index is 12.5. The van der Waals surface area contributed by atoms with Crippen molar-refractivity contribution >= 4 is 17.3 Å². The Balaban J connectivity index is 2.21. The molecule has 0 bridgehead atoms. The molecule has 1 fully saturated rings. The first-order chi connectivity index (χ1) is 7.45. The number of anilines is 1. The Bertz CT molecular complexity index is 390. The lowest BCUT2D eigenvalue weighted by Crippen LogP contribution is -2.40. The zero-order valence-electron chi connectivity index (χ0n) is 8.14. The summed E-state index contributed by atoms with van der Waals surface area (Å²) in [4.78, 5) is 0. The zero-order chi connectivity index (χ0) is 11.8. The summed E-state index contributed by atoms with van der Waals surface area (Å²) in [5.41, 5.74) is -0.379. The summed E-state index contributed by atoms with van der Waals surface area (Å²) in [5, 5.41) is 2.99. The van der Waals surface area contributed by atoms with Gasteiger partial charge in [0, 0.05) is 10.7 Å². The van der Waals surface area contributed by atoms with Gasteiger partial charge in [-0.25, -0.2) is 0 Å². The van der Waals surface area contributed by atoms with Crippen molar-refractivity contribution in [2.45, 2.75) is 12.2 Å². The van der Waals surface area contributed by atoms with E-state index in [-0.39, 0.29) is 11.1 Å². The molecule has 0 aromatic heterocycles. The Labute approximate surface area is 95.3 Å². The molecule has 1 saturated heterocycles. The van der Waals surface area contributed by atoms with Crippen LogP contribution in [0.5, 0.6) is 0 Å². The van der Waals surface area contributed by atoms with Crippen molar-refractivity contribution in [1.29, 1.82) is 0 Å². The molecule has 0 atom stereocenters. The highest BCUT2D eigenvalue weighted by Crippen LogP contribution is 2.33. The molecule has 0 amide bonds. The lowest BCUT2D eigenvalue weighted by Gasteiger charge is -2.28. The van der Waals surface area contributed by atoms with E-state index >= 15 is 0 Å². The van der Waals surface area contributed by atoms with Gasteiger partial charge in [0.25, 0.3) is 0 Å². The van der Waals surface area contributed by atoms with Crippen LogP contribution in [0, 0.1) is 0 Å². The second-order valence-corrected chi connectivity index (χ2v) is 4.04. The van der Waals surface area contributed by atoms with E-state index in [0.29, 0.717) is 18.9 Å². The molecule has 16 heavy (non-hydrogen) atoms. The Hall–Kier alpha value is -0.940. The van der Waals surface area contributed by atoms with Crippen LogP contribution in [0.4, 0.5) is 18.9 Å². The van der Waals surface area contributed by atoms with Crippen molar-refractivity contribution < 1.29 is 17.9 Å². The number of rotatable bonds is 2. The maximum absolute atomic E-state index is 12.5. The first-order valence-electron chi connectivity index (χ1n) is 4.67. The van der Waals surface area contributed by atoms with E-state index in [9.17, 15) is 13.2 Å². The van der Waals surface area contributed by atoms with E-state index < -0.39 is 11.7 Å². The molecule has 0 aliphatic carbocycles. The Kier molecular flexibility index (Phi) is 2.99. The van der Waals surface area contributed by atoms with Crippen molar-refractivity contribution in [3.8, 4) is 0 Å². The van der Waals surface area contributed by atoms with Crippen molar-refractivity contribution in [3.05, 3.63) is 28.8 Å². The smallest absolute Gasteiger partial charge is 0.378 e. The number of nitrogens with one attached hydrogen (secondary N) is 1. The van der Waals surface area contributed by atoms with E-state index in [1.807, 2.05) is 0 Å². The molecule has 88 valence electrons. The summed E-state index contributed by atoms with van der Waals surface area (Å²) < 4.78 is 42.3. The molecule has 2 nitrogen and oxygen atoms in total. The van der Waals surface area contributed by atoms with Gasteiger partial charge >= 0.3 is 6.18 Å². The van der Waals surface area contributed by atoms with E-state index in [2.05, 4.69) is 5.32 Å². The third kappa shape index (κ3) is 2.59. The fourth-order valence-electron chi connectivity index (χ4n) is 1.39. The number of benzene rings is 1. The third-order valence-corrected chi connectivity index (χ3v) is 2.45. The number of hydrogen-bond acceptors (Lipinski definition) is 2. The van der Waals surface area contributed by atoms with Gasteiger partial charge in [-0.2, -0.15) is 13.2 Å². The zero-order valence-corrected chi connectivity index (χ0v) is 8.90. The molecule has 1 aromatic carbocycles. The summed E-state index contributed by atoms with van der Waals surface area (Å²) in [6.07, 6.45) is -4.38. The van der Waals surface area contributed by atoms with Gasteiger partial charge in [0.1, 0.15) is 0 Å². The quantitative estimate of drug-likeness (QED) is 0.872. The van der Waals surface area contributed by atoms with E-state index in [1.54, 1.807) is 0 Å². The van der Waals surface area contributed by atoms with Crippen molar-refractivity contribution in [2.24, 2.45) is 0 Å². The highest BCUT2D eigenvalue weighted by molar-refractivity contribution is 6.30. The number of ether oxygens (including phenoxy) is 1. The van der Waals surface area contributed by atoms with Crippen LogP contribution in [-0.4, -0.2) is 19.3 Å². The average Bonchev–Trinajstić information content (AvgIpc) is 2.09. The van der Waals surface area contributed by atoms with Gasteiger partial charge in [0.2, 0.25) is 0 Å². The van der Waals surface area contributed by atoms with Crippen LogP contribution >= 0.6 is 11.6 Å². The molecule has 0 spiro atoms. The fourth-order valence-corrected chi connectivity index (χ4v) is 1.63. The number of alkyl halides is 3. The third-order valence-electron chi connectivity index (χ3n) is 2.23. The molecule has 0 saturated carbocycles. The summed E-state index contributed by atoms with van der Waals surface area (Å²) >= 11 is 5.63. The van der Waals surface area contributed by atoms with Gasteiger partial charge in [-0.15, -0.1) is 0 Å². The van der Waals surface area contributed by atoms with Crippen LogP contribution < -0.4 is 5.32 Å². The summed E-state index contributed by atoms with van der Waals surface area (Å²) in [7, 11) is 0. The lowest BCUT2D eigenvalue weighted by atomic mass is 10.1. The SMILES string of the molecule is FC(F)(F)c1cc(Cl)cc(NC2COC2)c1. The number of halogens is 4. The molecular weight excluding hydrogens is 243 g/mol. The summed E-state index contributed by atoms with van der Waals surface area (Å²) in [6.45, 7) is 1.02. The minimum absolute atomic E-state index is 0.0672. The van der Waals surface area contributed by atoms with E-state index in [1.165, 1.54) is 6.07 Å². The molecule has 1 N–H and O–H groups in total. The van der Waals surface area contributed by atoms with Gasteiger partial charge in [0.15, 0.2) is 0 Å². The normalized spacial score (nSPS) is 17.0. The largest absolute Gasteiger partial charge is 0.416 e. The lowest BCUT2D eigenvalue weighted by molar-refractivity contribution is -0.137. The van der Waals surface area contributed by atoms with E-state index in [0.717, 1.165) is 12.1 Å². The molecular formula is C10H9ClF3NO. The average molecular weight is 252 g/mol. The highest BCUT2D eigenvalue weighted by atomic mass is 35.5. The summed E-state index contributed by atoms with van der Waals surface area (Å²) in [6, 6.07) is 3.49. The molecule has 0 unspecified atom stereocenters. The van der Waals surface area contributed by atoms with Crippen LogP contribution in [0.1, 0.15) is 5.56 Å².